The van der Waals surface area contributed by atoms with Crippen molar-refractivity contribution in [1.29, 1.82) is 0 Å². The summed E-state index contributed by atoms with van der Waals surface area (Å²) in [5.74, 6) is -0.161. The predicted octanol–water partition coefficient (Wildman–Crippen LogP) is 2.11. The average molecular weight is 249 g/mol. The fraction of sp³-hybridized carbons (Fsp3) is 0.357. The van der Waals surface area contributed by atoms with Gasteiger partial charge in [-0.15, -0.1) is 0 Å². The lowest BCUT2D eigenvalue weighted by Gasteiger charge is -2.19. The largest absolute Gasteiger partial charge is 0.492 e. The smallest absolute Gasteiger partial charge is 0.328 e. The minimum absolute atomic E-state index is 0.344. The van der Waals surface area contributed by atoms with Crippen LogP contribution in [0.1, 0.15) is 12.5 Å². The molecular formula is C14H19NO3. The number of likely N-dealkylation sites (N-methyl/N-ethyl adjacent to an activating group) is 1. The van der Waals surface area contributed by atoms with Gasteiger partial charge in [-0.2, -0.15) is 0 Å². The Hall–Kier alpha value is -1.81. The molecule has 1 N–H and O–H groups in total. The first-order valence-electron chi connectivity index (χ1n) is 5.79. The summed E-state index contributed by atoms with van der Waals surface area (Å²) in [5, 5.41) is 8.51. The van der Waals surface area contributed by atoms with Crippen LogP contribution in [0.3, 0.4) is 0 Å². The molecule has 4 nitrogen and oxygen atoms in total. The Labute approximate surface area is 107 Å². The average Bonchev–Trinajstić information content (AvgIpc) is 2.34. The maximum absolute atomic E-state index is 10.4. The van der Waals surface area contributed by atoms with Crippen molar-refractivity contribution in [2.45, 2.75) is 13.0 Å². The summed E-state index contributed by atoms with van der Waals surface area (Å²) in [4.78, 5) is 12.5. The van der Waals surface area contributed by atoms with E-state index in [1.54, 1.807) is 6.08 Å². The van der Waals surface area contributed by atoms with Gasteiger partial charge in [-0.1, -0.05) is 12.1 Å². The molecule has 0 bridgehead atoms. The molecule has 0 amide bonds. The van der Waals surface area contributed by atoms with Gasteiger partial charge >= 0.3 is 5.97 Å². The zero-order chi connectivity index (χ0) is 13.5. The Balaban J connectivity index is 2.53. The van der Waals surface area contributed by atoms with E-state index >= 15 is 0 Å². The highest BCUT2D eigenvalue weighted by Crippen LogP contribution is 2.13. The highest BCUT2D eigenvalue weighted by atomic mass is 16.5. The van der Waals surface area contributed by atoms with Crippen molar-refractivity contribution in [3.05, 3.63) is 35.9 Å². The van der Waals surface area contributed by atoms with Gasteiger partial charge in [-0.05, 0) is 44.8 Å². The summed E-state index contributed by atoms with van der Waals surface area (Å²) >= 11 is 0. The van der Waals surface area contributed by atoms with Gasteiger partial charge in [0, 0.05) is 12.1 Å². The highest BCUT2D eigenvalue weighted by molar-refractivity contribution is 5.85. The fourth-order valence-electron chi connectivity index (χ4n) is 1.21. The summed E-state index contributed by atoms with van der Waals surface area (Å²) in [5.41, 5.74) is 0.838. The standard InChI is InChI=1S/C14H19NO3/c1-11(15(2)3)10-18-13-7-4-12(5-8-13)6-9-14(16)17/h4-9,11H,10H2,1-3H3,(H,16,17)/b9-6+. The maximum atomic E-state index is 10.4. The third-order valence-electron chi connectivity index (χ3n) is 2.67. The Morgan fingerprint density at radius 1 is 1.39 bits per heavy atom. The van der Waals surface area contributed by atoms with Crippen molar-refractivity contribution in [3.63, 3.8) is 0 Å². The fourth-order valence-corrected chi connectivity index (χ4v) is 1.21. The van der Waals surface area contributed by atoms with Gasteiger partial charge in [-0.3, -0.25) is 0 Å². The Bertz CT molecular complexity index is 410. The van der Waals surface area contributed by atoms with Gasteiger partial charge in [0.2, 0.25) is 0 Å². The van der Waals surface area contributed by atoms with Gasteiger partial charge < -0.3 is 14.7 Å². The van der Waals surface area contributed by atoms with E-state index in [9.17, 15) is 4.79 Å². The lowest BCUT2D eigenvalue weighted by molar-refractivity contribution is -0.131. The molecule has 0 aliphatic heterocycles. The van der Waals surface area contributed by atoms with E-state index < -0.39 is 5.97 Å². The molecule has 0 saturated carbocycles. The van der Waals surface area contributed by atoms with Gasteiger partial charge in [0.05, 0.1) is 0 Å². The van der Waals surface area contributed by atoms with Crippen LogP contribution in [-0.4, -0.2) is 42.7 Å². The van der Waals surface area contributed by atoms with E-state index in [2.05, 4.69) is 11.8 Å². The normalized spacial score (nSPS) is 12.9. The number of hydrogen-bond acceptors (Lipinski definition) is 3. The number of nitrogens with zero attached hydrogens (tertiary/aromatic N) is 1. The van der Waals surface area contributed by atoms with Gasteiger partial charge in [-0.25, -0.2) is 4.79 Å². The van der Waals surface area contributed by atoms with Crippen molar-refractivity contribution in [3.8, 4) is 5.75 Å². The summed E-state index contributed by atoms with van der Waals surface area (Å²) < 4.78 is 5.63. The number of benzene rings is 1. The minimum Gasteiger partial charge on any atom is -0.492 e. The van der Waals surface area contributed by atoms with Crippen LogP contribution < -0.4 is 4.74 Å². The lowest BCUT2D eigenvalue weighted by atomic mass is 10.2. The molecule has 1 atom stereocenters. The molecule has 0 aliphatic rings. The van der Waals surface area contributed by atoms with E-state index in [-0.39, 0.29) is 0 Å². The molecule has 0 radical (unpaired) electrons. The molecule has 1 rings (SSSR count). The second kappa shape index (κ2) is 6.81. The Kier molecular flexibility index (Phi) is 5.39. The lowest BCUT2D eigenvalue weighted by Crippen LogP contribution is -2.30. The third-order valence-corrected chi connectivity index (χ3v) is 2.67. The molecule has 0 saturated heterocycles. The zero-order valence-corrected chi connectivity index (χ0v) is 11.0. The van der Waals surface area contributed by atoms with Crippen LogP contribution in [0, 0.1) is 0 Å². The molecule has 18 heavy (non-hydrogen) atoms. The van der Waals surface area contributed by atoms with Crippen molar-refractivity contribution >= 4 is 12.0 Å². The van der Waals surface area contributed by atoms with E-state index in [0.717, 1.165) is 17.4 Å². The van der Waals surface area contributed by atoms with Crippen LogP contribution in [0.5, 0.6) is 5.75 Å². The Morgan fingerprint density at radius 2 is 2.00 bits per heavy atom. The summed E-state index contributed by atoms with van der Waals surface area (Å²) in [6.07, 6.45) is 2.67. The van der Waals surface area contributed by atoms with E-state index in [4.69, 9.17) is 9.84 Å². The topological polar surface area (TPSA) is 49.8 Å². The van der Waals surface area contributed by atoms with E-state index in [1.165, 1.54) is 0 Å². The van der Waals surface area contributed by atoms with Crippen LogP contribution in [0.4, 0.5) is 0 Å². The van der Waals surface area contributed by atoms with Crippen LogP contribution in [0.25, 0.3) is 6.08 Å². The SMILES string of the molecule is CC(COc1ccc(/C=C/C(=O)O)cc1)N(C)C. The third kappa shape index (κ3) is 5.01. The summed E-state index contributed by atoms with van der Waals surface area (Å²) in [6, 6.07) is 7.68. The van der Waals surface area contributed by atoms with Gasteiger partial charge in [0.1, 0.15) is 12.4 Å². The van der Waals surface area contributed by atoms with Crippen LogP contribution >= 0.6 is 0 Å². The number of hydrogen-bond donors (Lipinski definition) is 1. The van der Waals surface area contributed by atoms with E-state index in [1.807, 2.05) is 38.4 Å². The van der Waals surface area contributed by atoms with Crippen molar-refractivity contribution in [2.24, 2.45) is 0 Å². The number of carboxylic acids is 1. The molecule has 0 spiro atoms. The van der Waals surface area contributed by atoms with Crippen molar-refractivity contribution in [2.75, 3.05) is 20.7 Å². The number of carbonyl (C=O) groups is 1. The molecular weight excluding hydrogens is 230 g/mol. The molecule has 1 unspecified atom stereocenters. The summed E-state index contributed by atoms with van der Waals surface area (Å²) in [7, 11) is 4.02. The molecule has 0 fully saturated rings. The van der Waals surface area contributed by atoms with Crippen LogP contribution in [0.15, 0.2) is 30.3 Å². The molecule has 4 heteroatoms. The van der Waals surface area contributed by atoms with Crippen LogP contribution in [-0.2, 0) is 4.79 Å². The predicted molar refractivity (Wildman–Crippen MR) is 71.8 cm³/mol. The number of rotatable bonds is 6. The highest BCUT2D eigenvalue weighted by Gasteiger charge is 2.04. The molecule has 0 heterocycles. The quantitative estimate of drug-likeness (QED) is 0.784. The Morgan fingerprint density at radius 3 is 2.50 bits per heavy atom. The molecule has 1 aromatic rings. The van der Waals surface area contributed by atoms with Gasteiger partial charge in [0.15, 0.2) is 0 Å². The van der Waals surface area contributed by atoms with Crippen LogP contribution in [0.2, 0.25) is 0 Å². The first kappa shape index (κ1) is 14.3. The number of carboxylic acid groups (broad SMARTS) is 1. The molecule has 0 aliphatic carbocycles. The zero-order valence-electron chi connectivity index (χ0n) is 11.0. The monoisotopic (exact) mass is 249 g/mol. The maximum Gasteiger partial charge on any atom is 0.328 e. The summed E-state index contributed by atoms with van der Waals surface area (Å²) in [6.45, 7) is 2.71. The van der Waals surface area contributed by atoms with Crippen molar-refractivity contribution in [1.82, 2.24) is 4.90 Å². The first-order chi connectivity index (χ1) is 8.49. The second-order valence-corrected chi connectivity index (χ2v) is 4.36. The molecule has 98 valence electrons. The molecule has 0 aromatic heterocycles. The minimum atomic E-state index is -0.949. The number of aliphatic carboxylic acids is 1. The second-order valence-electron chi connectivity index (χ2n) is 4.36. The van der Waals surface area contributed by atoms with Gasteiger partial charge in [0.25, 0.3) is 0 Å². The number of ether oxygens (including phenoxy) is 1. The first-order valence-corrected chi connectivity index (χ1v) is 5.79. The van der Waals surface area contributed by atoms with Crippen molar-refractivity contribution < 1.29 is 14.6 Å². The molecule has 1 aromatic carbocycles. The van der Waals surface area contributed by atoms with E-state index in [0.29, 0.717) is 12.6 Å².